The molecule has 122 valence electrons. The Labute approximate surface area is 140 Å². The number of hydrogen-bond acceptors (Lipinski definition) is 5. The van der Waals surface area contributed by atoms with Crippen molar-refractivity contribution in [3.63, 3.8) is 0 Å². The monoisotopic (exact) mass is 323 g/mol. The number of fused-ring (bicyclic) bond motifs is 1. The van der Waals surface area contributed by atoms with E-state index in [9.17, 15) is 5.26 Å². The minimum atomic E-state index is 0.521. The summed E-state index contributed by atoms with van der Waals surface area (Å²) in [7, 11) is 3.14. The molecule has 1 aliphatic rings. The molecule has 0 radical (unpaired) electrons. The third kappa shape index (κ3) is 3.13. The fraction of sp³-hybridized carbons (Fsp3) is 0.211. The predicted octanol–water partition coefficient (Wildman–Crippen LogP) is 3.54. The predicted molar refractivity (Wildman–Crippen MR) is 90.5 cm³/mol. The van der Waals surface area contributed by atoms with Gasteiger partial charge in [0.2, 0.25) is 0 Å². The van der Waals surface area contributed by atoms with Crippen LogP contribution in [0.1, 0.15) is 11.1 Å². The normalized spacial score (nSPS) is 13.1. The summed E-state index contributed by atoms with van der Waals surface area (Å²) in [6.45, 7) is 1.08. The molecule has 5 heteroatoms. The van der Waals surface area contributed by atoms with Crippen molar-refractivity contribution in [3.05, 3.63) is 47.5 Å². The van der Waals surface area contributed by atoms with Crippen molar-refractivity contribution in [2.45, 2.75) is 0 Å². The topological polar surface area (TPSA) is 60.7 Å². The maximum Gasteiger partial charge on any atom is 0.161 e. The van der Waals surface area contributed by atoms with E-state index >= 15 is 0 Å². The van der Waals surface area contributed by atoms with Gasteiger partial charge in [-0.3, -0.25) is 0 Å². The molecule has 3 rings (SSSR count). The lowest BCUT2D eigenvalue weighted by atomic mass is 10.0. The van der Waals surface area contributed by atoms with Crippen molar-refractivity contribution in [3.8, 4) is 29.1 Å². The van der Waals surface area contributed by atoms with Crippen LogP contribution in [0, 0.1) is 11.3 Å². The van der Waals surface area contributed by atoms with E-state index in [0.29, 0.717) is 36.0 Å². The Balaban J connectivity index is 1.97. The highest BCUT2D eigenvalue weighted by molar-refractivity contribution is 5.90. The maximum atomic E-state index is 9.52. The first-order chi connectivity index (χ1) is 11.7. The van der Waals surface area contributed by atoms with Gasteiger partial charge in [0.05, 0.1) is 25.9 Å². The first kappa shape index (κ1) is 15.8. The molecule has 0 bridgehead atoms. The molecular weight excluding hydrogens is 306 g/mol. The zero-order valence-electron chi connectivity index (χ0n) is 13.5. The van der Waals surface area contributed by atoms with Gasteiger partial charge in [0.1, 0.15) is 13.2 Å². The van der Waals surface area contributed by atoms with Crippen LogP contribution in [-0.4, -0.2) is 27.4 Å². The Morgan fingerprint density at radius 2 is 1.75 bits per heavy atom. The number of benzene rings is 2. The van der Waals surface area contributed by atoms with Crippen LogP contribution in [0.4, 0.5) is 0 Å². The van der Waals surface area contributed by atoms with Crippen molar-refractivity contribution in [2.24, 2.45) is 0 Å². The molecule has 0 aliphatic carbocycles. The fourth-order valence-electron chi connectivity index (χ4n) is 2.50. The van der Waals surface area contributed by atoms with Gasteiger partial charge in [-0.05, 0) is 47.5 Å². The molecule has 0 atom stereocenters. The molecule has 0 spiro atoms. The molecule has 0 saturated heterocycles. The Hall–Kier alpha value is -3.13. The van der Waals surface area contributed by atoms with E-state index in [-0.39, 0.29) is 0 Å². The van der Waals surface area contributed by atoms with Gasteiger partial charge in [-0.1, -0.05) is 6.07 Å². The molecule has 0 fully saturated rings. The number of nitrogens with zero attached hydrogens (tertiary/aromatic N) is 1. The van der Waals surface area contributed by atoms with Crippen molar-refractivity contribution in [1.82, 2.24) is 0 Å². The second-order valence-electron chi connectivity index (χ2n) is 5.14. The standard InChI is InChI=1S/C19H17NO4/c1-21-16-6-4-14(11-18(16)22-2)15(12-20)9-13-3-5-17-19(10-13)24-8-7-23-17/h3-6,9-11H,7-8H2,1-2H3/b15-9+. The van der Waals surface area contributed by atoms with Crippen LogP contribution in [-0.2, 0) is 0 Å². The highest BCUT2D eigenvalue weighted by atomic mass is 16.6. The molecule has 0 amide bonds. The zero-order chi connectivity index (χ0) is 16.9. The number of ether oxygens (including phenoxy) is 4. The van der Waals surface area contributed by atoms with Gasteiger partial charge in [-0.25, -0.2) is 0 Å². The van der Waals surface area contributed by atoms with Crippen molar-refractivity contribution in [2.75, 3.05) is 27.4 Å². The molecule has 24 heavy (non-hydrogen) atoms. The van der Waals surface area contributed by atoms with Gasteiger partial charge in [0, 0.05) is 0 Å². The molecule has 2 aromatic rings. The van der Waals surface area contributed by atoms with Crippen LogP contribution < -0.4 is 18.9 Å². The molecule has 1 aliphatic heterocycles. The summed E-state index contributed by atoms with van der Waals surface area (Å²) >= 11 is 0. The highest BCUT2D eigenvalue weighted by Crippen LogP contribution is 2.33. The Bertz CT molecular complexity index is 821. The van der Waals surface area contributed by atoms with E-state index in [1.807, 2.05) is 24.3 Å². The molecule has 0 unspecified atom stereocenters. The van der Waals surface area contributed by atoms with E-state index in [0.717, 1.165) is 16.9 Å². The highest BCUT2D eigenvalue weighted by Gasteiger charge is 2.12. The molecular formula is C19H17NO4. The van der Waals surface area contributed by atoms with Gasteiger partial charge in [-0.15, -0.1) is 0 Å². The first-order valence-electron chi connectivity index (χ1n) is 7.49. The van der Waals surface area contributed by atoms with Crippen LogP contribution in [0.25, 0.3) is 11.6 Å². The Morgan fingerprint density at radius 3 is 2.46 bits per heavy atom. The molecule has 0 N–H and O–H groups in total. The largest absolute Gasteiger partial charge is 0.493 e. The number of allylic oxidation sites excluding steroid dienone is 1. The van der Waals surface area contributed by atoms with Gasteiger partial charge < -0.3 is 18.9 Å². The second kappa shape index (κ2) is 6.97. The van der Waals surface area contributed by atoms with Crippen molar-refractivity contribution < 1.29 is 18.9 Å². The van der Waals surface area contributed by atoms with Crippen molar-refractivity contribution >= 4 is 11.6 Å². The average Bonchev–Trinajstić information content (AvgIpc) is 2.65. The van der Waals surface area contributed by atoms with E-state index in [4.69, 9.17) is 18.9 Å². The lowest BCUT2D eigenvalue weighted by Gasteiger charge is -2.18. The Kier molecular flexibility index (Phi) is 4.57. The van der Waals surface area contributed by atoms with Gasteiger partial charge in [-0.2, -0.15) is 5.26 Å². The number of methoxy groups -OCH3 is 2. The minimum absolute atomic E-state index is 0.521. The van der Waals surface area contributed by atoms with E-state index < -0.39 is 0 Å². The summed E-state index contributed by atoms with van der Waals surface area (Å²) in [5, 5.41) is 9.52. The summed E-state index contributed by atoms with van der Waals surface area (Å²) in [5.41, 5.74) is 2.14. The van der Waals surface area contributed by atoms with E-state index in [2.05, 4.69) is 6.07 Å². The quantitative estimate of drug-likeness (QED) is 0.636. The van der Waals surface area contributed by atoms with E-state index in [1.54, 1.807) is 32.4 Å². The summed E-state index contributed by atoms with van der Waals surface area (Å²) in [6.07, 6.45) is 1.81. The molecule has 0 saturated carbocycles. The van der Waals surface area contributed by atoms with Crippen LogP contribution in [0.3, 0.4) is 0 Å². The second-order valence-corrected chi connectivity index (χ2v) is 5.14. The SMILES string of the molecule is COc1ccc(/C(C#N)=C/c2ccc3c(c2)OCCO3)cc1OC. The summed E-state index contributed by atoms with van der Waals surface area (Å²) < 4.78 is 21.6. The van der Waals surface area contributed by atoms with Gasteiger partial charge in [0.25, 0.3) is 0 Å². The lowest BCUT2D eigenvalue weighted by Crippen LogP contribution is -2.15. The maximum absolute atomic E-state index is 9.52. The molecule has 2 aromatic carbocycles. The van der Waals surface area contributed by atoms with Crippen molar-refractivity contribution in [1.29, 1.82) is 5.26 Å². The van der Waals surface area contributed by atoms with Crippen LogP contribution in [0.5, 0.6) is 23.0 Å². The number of hydrogen-bond donors (Lipinski definition) is 0. The smallest absolute Gasteiger partial charge is 0.161 e. The summed E-state index contributed by atoms with van der Waals surface area (Å²) in [6, 6.07) is 13.2. The molecule has 1 heterocycles. The number of rotatable bonds is 4. The minimum Gasteiger partial charge on any atom is -0.493 e. The van der Waals surface area contributed by atoms with Gasteiger partial charge >= 0.3 is 0 Å². The number of nitriles is 1. The van der Waals surface area contributed by atoms with Crippen LogP contribution >= 0.6 is 0 Å². The first-order valence-corrected chi connectivity index (χ1v) is 7.49. The third-order valence-corrected chi connectivity index (χ3v) is 3.69. The van der Waals surface area contributed by atoms with E-state index in [1.165, 1.54) is 0 Å². The third-order valence-electron chi connectivity index (χ3n) is 3.69. The molecule has 5 nitrogen and oxygen atoms in total. The summed E-state index contributed by atoms with van der Waals surface area (Å²) in [4.78, 5) is 0. The van der Waals surface area contributed by atoms with Crippen LogP contribution in [0.15, 0.2) is 36.4 Å². The summed E-state index contributed by atoms with van der Waals surface area (Å²) in [5.74, 6) is 2.62. The van der Waals surface area contributed by atoms with Gasteiger partial charge in [0.15, 0.2) is 23.0 Å². The molecule has 0 aromatic heterocycles. The Morgan fingerprint density at radius 1 is 1.00 bits per heavy atom. The zero-order valence-corrected chi connectivity index (χ0v) is 13.5. The van der Waals surface area contributed by atoms with Crippen LogP contribution in [0.2, 0.25) is 0 Å². The lowest BCUT2D eigenvalue weighted by molar-refractivity contribution is 0.171. The average molecular weight is 323 g/mol. The fourth-order valence-corrected chi connectivity index (χ4v) is 2.50.